The monoisotopic (exact) mass is 333 g/mol. The zero-order valence-electron chi connectivity index (χ0n) is 13.7. The van der Waals surface area contributed by atoms with Crippen molar-refractivity contribution < 1.29 is 9.18 Å². The lowest BCUT2D eigenvalue weighted by molar-refractivity contribution is 0.0705. The highest BCUT2D eigenvalue weighted by Gasteiger charge is 2.53. The van der Waals surface area contributed by atoms with Gasteiger partial charge in [-0.3, -0.25) is 9.78 Å². The Morgan fingerprint density at radius 2 is 2.00 bits per heavy atom. The third-order valence-corrected chi connectivity index (χ3v) is 5.42. The number of hydrogen-bond donors (Lipinski definition) is 0. The summed E-state index contributed by atoms with van der Waals surface area (Å²) < 4.78 is 15.1. The summed E-state index contributed by atoms with van der Waals surface area (Å²) in [6, 6.07) is 13.0. The van der Waals surface area contributed by atoms with Gasteiger partial charge in [0.1, 0.15) is 11.5 Å². The van der Waals surface area contributed by atoms with Gasteiger partial charge in [0.15, 0.2) is 0 Å². The molecule has 4 nitrogen and oxygen atoms in total. The molecule has 3 heterocycles. The first-order chi connectivity index (χ1) is 12.1. The van der Waals surface area contributed by atoms with Gasteiger partial charge in [-0.15, -0.1) is 0 Å². The number of hydrogen-bond acceptors (Lipinski definition) is 2. The molecule has 0 unspecified atom stereocenters. The van der Waals surface area contributed by atoms with Crippen molar-refractivity contribution in [3.63, 3.8) is 0 Å². The first-order valence-corrected chi connectivity index (χ1v) is 8.32. The van der Waals surface area contributed by atoms with Crippen molar-refractivity contribution in [1.82, 2.24) is 14.5 Å². The minimum Gasteiger partial charge on any atom is -0.331 e. The summed E-state index contributed by atoms with van der Waals surface area (Å²) in [5.41, 5.74) is 4.23. The van der Waals surface area contributed by atoms with E-state index in [0.717, 1.165) is 29.7 Å². The molecule has 1 aliphatic heterocycles. The molecule has 1 aromatic carbocycles. The van der Waals surface area contributed by atoms with Crippen molar-refractivity contribution in [2.75, 3.05) is 7.05 Å². The smallest absolute Gasteiger partial charge is 0.271 e. The molecule has 124 valence electrons. The van der Waals surface area contributed by atoms with Gasteiger partial charge in [-0.1, -0.05) is 12.1 Å². The first-order valence-electron chi connectivity index (χ1n) is 8.32. The van der Waals surface area contributed by atoms with Crippen molar-refractivity contribution in [2.45, 2.75) is 18.4 Å². The molecule has 0 radical (unpaired) electrons. The van der Waals surface area contributed by atoms with E-state index in [-0.39, 0.29) is 17.3 Å². The number of pyridine rings is 1. The van der Waals surface area contributed by atoms with Crippen LogP contribution in [0.15, 0.2) is 54.9 Å². The summed E-state index contributed by atoms with van der Waals surface area (Å²) in [4.78, 5) is 18.9. The van der Waals surface area contributed by atoms with Gasteiger partial charge in [-0.25, -0.2) is 4.39 Å². The fraction of sp³-hybridized carbons (Fsp3) is 0.200. The van der Waals surface area contributed by atoms with Gasteiger partial charge < -0.3 is 9.47 Å². The highest BCUT2D eigenvalue weighted by atomic mass is 19.1. The number of nitrogens with zero attached hydrogens (tertiary/aromatic N) is 3. The Balaban J connectivity index is 1.75. The first kappa shape index (κ1) is 14.4. The standard InChI is InChI=1S/C20H16FN3O/c1-23-19(25)17-3-2-10-24(17)18-11-13(16-7-5-14(21)12-22-16)4-6-15(18)20(23)8-9-20/h2-7,10-12H,8-9H2,1H3. The second-order valence-electron chi connectivity index (χ2n) is 6.75. The van der Waals surface area contributed by atoms with Crippen LogP contribution in [0.5, 0.6) is 0 Å². The van der Waals surface area contributed by atoms with Crippen molar-refractivity contribution in [2.24, 2.45) is 0 Å². The molecule has 5 rings (SSSR count). The maximum atomic E-state index is 13.2. The summed E-state index contributed by atoms with van der Waals surface area (Å²) in [5.74, 6) is -0.310. The Morgan fingerprint density at radius 3 is 2.72 bits per heavy atom. The van der Waals surface area contributed by atoms with Crippen LogP contribution in [0.3, 0.4) is 0 Å². The Morgan fingerprint density at radius 1 is 1.16 bits per heavy atom. The average Bonchev–Trinajstić information content (AvgIpc) is 3.30. The number of amides is 1. The summed E-state index contributed by atoms with van der Waals surface area (Å²) >= 11 is 0. The minimum atomic E-state index is -0.352. The number of carbonyl (C=O) groups is 1. The highest BCUT2D eigenvalue weighted by molar-refractivity contribution is 5.95. The van der Waals surface area contributed by atoms with Crippen LogP contribution in [0.1, 0.15) is 28.9 Å². The normalized spacial score (nSPS) is 17.2. The van der Waals surface area contributed by atoms with E-state index in [9.17, 15) is 9.18 Å². The average molecular weight is 333 g/mol. The van der Waals surface area contributed by atoms with Gasteiger partial charge in [-0.05, 0) is 43.2 Å². The number of carbonyl (C=O) groups excluding carboxylic acids is 1. The van der Waals surface area contributed by atoms with E-state index in [0.29, 0.717) is 11.4 Å². The Kier molecular flexibility index (Phi) is 2.76. The Hall–Kier alpha value is -2.95. The van der Waals surface area contributed by atoms with Crippen LogP contribution in [0.25, 0.3) is 16.9 Å². The predicted octanol–water partition coefficient (Wildman–Crippen LogP) is 3.75. The van der Waals surface area contributed by atoms with Crippen LogP contribution in [0.4, 0.5) is 4.39 Å². The molecule has 2 aromatic heterocycles. The van der Waals surface area contributed by atoms with Gasteiger partial charge in [0.2, 0.25) is 0 Å². The van der Waals surface area contributed by atoms with Crippen molar-refractivity contribution >= 4 is 5.91 Å². The SMILES string of the molecule is CN1C(=O)c2cccn2-c2cc(-c3ccc(F)cn3)ccc2C12CC2. The molecule has 1 aliphatic carbocycles. The number of rotatable bonds is 1. The maximum Gasteiger partial charge on any atom is 0.271 e. The van der Waals surface area contributed by atoms with Gasteiger partial charge in [0, 0.05) is 24.4 Å². The van der Waals surface area contributed by atoms with Gasteiger partial charge in [-0.2, -0.15) is 0 Å². The second-order valence-corrected chi connectivity index (χ2v) is 6.75. The van der Waals surface area contributed by atoms with Crippen LogP contribution in [0, 0.1) is 5.82 Å². The summed E-state index contributed by atoms with van der Waals surface area (Å²) in [6.45, 7) is 0. The van der Waals surface area contributed by atoms with E-state index < -0.39 is 0 Å². The van der Waals surface area contributed by atoms with Gasteiger partial charge >= 0.3 is 0 Å². The molecule has 5 heteroatoms. The molecule has 2 aliphatic rings. The van der Waals surface area contributed by atoms with Crippen molar-refractivity contribution in [1.29, 1.82) is 0 Å². The molecular formula is C20H16FN3O. The third-order valence-electron chi connectivity index (χ3n) is 5.42. The predicted molar refractivity (Wildman–Crippen MR) is 92.0 cm³/mol. The fourth-order valence-electron chi connectivity index (χ4n) is 3.87. The second kappa shape index (κ2) is 4.79. The lowest BCUT2D eigenvalue weighted by Gasteiger charge is -2.27. The summed E-state index contributed by atoms with van der Waals surface area (Å²) in [5, 5.41) is 0. The maximum absolute atomic E-state index is 13.2. The quantitative estimate of drug-likeness (QED) is 0.680. The fourth-order valence-corrected chi connectivity index (χ4v) is 3.87. The minimum absolute atomic E-state index is 0.0418. The van der Waals surface area contributed by atoms with Crippen molar-refractivity contribution in [3.05, 3.63) is 71.9 Å². The van der Waals surface area contributed by atoms with E-state index in [4.69, 9.17) is 0 Å². The zero-order valence-corrected chi connectivity index (χ0v) is 13.7. The lowest BCUT2D eigenvalue weighted by Crippen LogP contribution is -2.36. The van der Waals surface area contributed by atoms with E-state index in [1.54, 1.807) is 6.07 Å². The molecule has 25 heavy (non-hydrogen) atoms. The van der Waals surface area contributed by atoms with Crippen LogP contribution < -0.4 is 0 Å². The molecule has 0 N–H and O–H groups in total. The van der Waals surface area contributed by atoms with Crippen LogP contribution in [-0.2, 0) is 5.54 Å². The topological polar surface area (TPSA) is 38.1 Å². The molecule has 1 spiro atoms. The van der Waals surface area contributed by atoms with E-state index >= 15 is 0 Å². The van der Waals surface area contributed by atoms with Crippen LogP contribution >= 0.6 is 0 Å². The summed E-state index contributed by atoms with van der Waals surface area (Å²) in [7, 11) is 1.89. The summed E-state index contributed by atoms with van der Waals surface area (Å²) in [6.07, 6.45) is 5.09. The Bertz CT molecular complexity index is 1000. The van der Waals surface area contributed by atoms with Gasteiger partial charge in [0.05, 0.1) is 23.1 Å². The van der Waals surface area contributed by atoms with E-state index in [2.05, 4.69) is 11.1 Å². The molecule has 1 fully saturated rings. The van der Waals surface area contributed by atoms with Crippen molar-refractivity contribution in [3.8, 4) is 16.9 Å². The number of fused-ring (bicyclic) bond motifs is 4. The van der Waals surface area contributed by atoms with Crippen LogP contribution in [0.2, 0.25) is 0 Å². The van der Waals surface area contributed by atoms with Gasteiger partial charge in [0.25, 0.3) is 5.91 Å². The molecule has 0 bridgehead atoms. The third kappa shape index (κ3) is 1.92. The molecule has 1 amide bonds. The lowest BCUT2D eigenvalue weighted by atomic mass is 9.98. The Labute approximate surface area is 144 Å². The number of aromatic nitrogens is 2. The van der Waals surface area contributed by atoms with Crippen LogP contribution in [-0.4, -0.2) is 27.4 Å². The molecule has 0 saturated heterocycles. The molecule has 1 saturated carbocycles. The largest absolute Gasteiger partial charge is 0.331 e. The number of halogens is 1. The molecule has 0 atom stereocenters. The highest BCUT2D eigenvalue weighted by Crippen LogP contribution is 2.54. The molecule has 3 aromatic rings. The zero-order chi connectivity index (χ0) is 17.2. The number of benzene rings is 1. The molecular weight excluding hydrogens is 317 g/mol. The van der Waals surface area contributed by atoms with E-state index in [1.165, 1.54) is 12.3 Å². The van der Waals surface area contributed by atoms with E-state index in [1.807, 2.05) is 47.0 Å².